The lowest BCUT2D eigenvalue weighted by atomic mass is 9.95. The van der Waals surface area contributed by atoms with Crippen molar-refractivity contribution in [1.82, 2.24) is 10.2 Å². The van der Waals surface area contributed by atoms with Gasteiger partial charge in [0.25, 0.3) is 5.91 Å². The van der Waals surface area contributed by atoms with Crippen LogP contribution in [0.2, 0.25) is 0 Å². The van der Waals surface area contributed by atoms with Gasteiger partial charge in [0.2, 0.25) is 5.91 Å². The van der Waals surface area contributed by atoms with Crippen molar-refractivity contribution < 1.29 is 19.5 Å². The Kier molecular flexibility index (Phi) is 5.76. The number of aryl methyl sites for hydroxylation is 1. The largest absolute Gasteiger partial charge is 0.480 e. The number of carboxylic acids is 1. The van der Waals surface area contributed by atoms with Crippen molar-refractivity contribution in [2.45, 2.75) is 45.6 Å². The smallest absolute Gasteiger partial charge is 0.326 e. The first-order valence-corrected chi connectivity index (χ1v) is 8.67. The fourth-order valence-electron chi connectivity index (χ4n) is 2.78. The van der Waals surface area contributed by atoms with Gasteiger partial charge >= 0.3 is 5.97 Å². The van der Waals surface area contributed by atoms with Crippen LogP contribution < -0.4 is 5.32 Å². The van der Waals surface area contributed by atoms with Crippen molar-refractivity contribution in [3.05, 3.63) is 21.4 Å². The number of carbonyl (C=O) groups is 3. The molecule has 6 nitrogen and oxygen atoms in total. The molecular weight excluding hydrogens is 316 g/mol. The van der Waals surface area contributed by atoms with Crippen LogP contribution in [0.4, 0.5) is 0 Å². The van der Waals surface area contributed by atoms with Crippen LogP contribution in [0, 0.1) is 0 Å². The summed E-state index contributed by atoms with van der Waals surface area (Å²) in [6.45, 7) is 3.30. The molecule has 0 aliphatic heterocycles. The number of nitrogens with one attached hydrogen (secondary N) is 1. The van der Waals surface area contributed by atoms with Gasteiger partial charge < -0.3 is 15.3 Å². The monoisotopic (exact) mass is 338 g/mol. The van der Waals surface area contributed by atoms with Crippen molar-refractivity contribution in [2.75, 3.05) is 13.1 Å². The highest BCUT2D eigenvalue weighted by atomic mass is 32.1. The van der Waals surface area contributed by atoms with Crippen LogP contribution in [0.1, 0.15) is 47.5 Å². The number of fused-ring (bicyclic) bond motifs is 1. The Morgan fingerprint density at radius 2 is 2.04 bits per heavy atom. The number of aliphatic carboxylic acids is 1. The average Bonchev–Trinajstić information content (AvgIpc) is 2.94. The second-order valence-corrected chi connectivity index (χ2v) is 6.72. The SMILES string of the molecule is CC(=O)NCCN(C(=O)c1csc2c1CCCC2)C(C)C(=O)O. The van der Waals surface area contributed by atoms with Crippen LogP contribution in [-0.2, 0) is 22.4 Å². The molecule has 1 aromatic rings. The number of hydrogen-bond acceptors (Lipinski definition) is 4. The lowest BCUT2D eigenvalue weighted by molar-refractivity contribution is -0.141. The Hall–Kier alpha value is -1.89. The van der Waals surface area contributed by atoms with Crippen LogP contribution in [0.25, 0.3) is 0 Å². The Balaban J connectivity index is 2.20. The molecule has 2 amide bonds. The molecule has 1 heterocycles. The Labute approximate surface area is 139 Å². The van der Waals surface area contributed by atoms with Gasteiger partial charge in [0.05, 0.1) is 5.56 Å². The van der Waals surface area contributed by atoms with E-state index in [1.165, 1.54) is 23.6 Å². The van der Waals surface area contributed by atoms with Crippen molar-refractivity contribution >= 4 is 29.1 Å². The molecule has 1 atom stereocenters. The highest BCUT2D eigenvalue weighted by Crippen LogP contribution is 2.31. The van der Waals surface area contributed by atoms with E-state index < -0.39 is 12.0 Å². The molecule has 2 rings (SSSR count). The van der Waals surface area contributed by atoms with Gasteiger partial charge in [0.15, 0.2) is 0 Å². The fraction of sp³-hybridized carbons (Fsp3) is 0.562. The lowest BCUT2D eigenvalue weighted by Crippen LogP contribution is -2.46. The average molecular weight is 338 g/mol. The predicted molar refractivity (Wildman–Crippen MR) is 87.8 cm³/mol. The molecule has 0 radical (unpaired) electrons. The Morgan fingerprint density at radius 3 is 2.70 bits per heavy atom. The highest BCUT2D eigenvalue weighted by molar-refractivity contribution is 7.10. The molecule has 0 saturated carbocycles. The summed E-state index contributed by atoms with van der Waals surface area (Å²) in [5.41, 5.74) is 1.70. The van der Waals surface area contributed by atoms with Gasteiger partial charge in [-0.25, -0.2) is 4.79 Å². The maximum Gasteiger partial charge on any atom is 0.326 e. The van der Waals surface area contributed by atoms with E-state index in [2.05, 4.69) is 5.32 Å². The van der Waals surface area contributed by atoms with Gasteiger partial charge in [-0.2, -0.15) is 0 Å². The molecule has 0 spiro atoms. The van der Waals surface area contributed by atoms with Gasteiger partial charge in [0.1, 0.15) is 6.04 Å². The molecule has 1 unspecified atom stereocenters. The third-order valence-corrected chi connectivity index (χ3v) is 5.19. The van der Waals surface area contributed by atoms with E-state index in [1.807, 2.05) is 5.38 Å². The third-order valence-electron chi connectivity index (χ3n) is 4.10. The normalized spacial score (nSPS) is 14.7. The van der Waals surface area contributed by atoms with Crippen LogP contribution >= 0.6 is 11.3 Å². The van der Waals surface area contributed by atoms with Crippen molar-refractivity contribution in [1.29, 1.82) is 0 Å². The molecule has 0 fully saturated rings. The summed E-state index contributed by atoms with van der Waals surface area (Å²) in [6, 6.07) is -0.935. The molecule has 0 bridgehead atoms. The standard InChI is InChI=1S/C16H22N2O4S/c1-10(16(21)22)18(8-7-17-11(2)19)15(20)13-9-23-14-6-4-3-5-12(13)14/h9-10H,3-8H2,1-2H3,(H,17,19)(H,21,22). The number of carbonyl (C=O) groups excluding carboxylic acids is 2. The van der Waals surface area contributed by atoms with Gasteiger partial charge in [0, 0.05) is 30.3 Å². The summed E-state index contributed by atoms with van der Waals surface area (Å²) in [5.74, 6) is -1.51. The number of hydrogen-bond donors (Lipinski definition) is 2. The molecule has 1 aliphatic carbocycles. The van der Waals surface area contributed by atoms with Gasteiger partial charge in [-0.15, -0.1) is 11.3 Å². The number of rotatable bonds is 6. The molecule has 126 valence electrons. The third kappa shape index (κ3) is 4.10. The second kappa shape index (κ2) is 7.59. The molecule has 7 heteroatoms. The van der Waals surface area contributed by atoms with E-state index in [4.69, 9.17) is 0 Å². The first kappa shape index (κ1) is 17.5. The zero-order valence-corrected chi connectivity index (χ0v) is 14.2. The van der Waals surface area contributed by atoms with Crippen molar-refractivity contribution in [3.8, 4) is 0 Å². The summed E-state index contributed by atoms with van der Waals surface area (Å²) in [7, 11) is 0. The van der Waals surface area contributed by atoms with Crippen molar-refractivity contribution in [2.24, 2.45) is 0 Å². The fourth-order valence-corrected chi connectivity index (χ4v) is 3.90. The van der Waals surface area contributed by atoms with Crippen molar-refractivity contribution in [3.63, 3.8) is 0 Å². The number of nitrogens with zero attached hydrogens (tertiary/aromatic N) is 1. The summed E-state index contributed by atoms with van der Waals surface area (Å²) < 4.78 is 0. The predicted octanol–water partition coefficient (Wildman–Crippen LogP) is 1.68. The molecule has 1 aromatic heterocycles. The number of carboxylic acid groups (broad SMARTS) is 1. The van der Waals surface area contributed by atoms with Crippen LogP contribution in [0.3, 0.4) is 0 Å². The number of thiophene rings is 1. The van der Waals surface area contributed by atoms with E-state index in [0.29, 0.717) is 5.56 Å². The molecule has 0 saturated heterocycles. The van der Waals surface area contributed by atoms with E-state index >= 15 is 0 Å². The van der Waals surface area contributed by atoms with Crippen LogP contribution in [0.5, 0.6) is 0 Å². The van der Waals surface area contributed by atoms with Gasteiger partial charge in [-0.3, -0.25) is 9.59 Å². The first-order valence-electron chi connectivity index (χ1n) is 7.79. The molecule has 2 N–H and O–H groups in total. The minimum absolute atomic E-state index is 0.177. The quantitative estimate of drug-likeness (QED) is 0.826. The van der Waals surface area contributed by atoms with E-state index in [9.17, 15) is 19.5 Å². The maximum atomic E-state index is 12.9. The van der Waals surface area contributed by atoms with Gasteiger partial charge in [-0.05, 0) is 38.2 Å². The molecular formula is C16H22N2O4S. The zero-order chi connectivity index (χ0) is 17.0. The molecule has 23 heavy (non-hydrogen) atoms. The first-order chi connectivity index (χ1) is 10.9. The van der Waals surface area contributed by atoms with Crippen LogP contribution in [-0.4, -0.2) is 46.9 Å². The van der Waals surface area contributed by atoms with E-state index in [-0.39, 0.29) is 24.9 Å². The lowest BCUT2D eigenvalue weighted by Gasteiger charge is -2.27. The Bertz CT molecular complexity index is 611. The van der Waals surface area contributed by atoms with Crippen LogP contribution in [0.15, 0.2) is 5.38 Å². The second-order valence-electron chi connectivity index (χ2n) is 5.75. The molecule has 1 aliphatic rings. The van der Waals surface area contributed by atoms with Gasteiger partial charge in [-0.1, -0.05) is 0 Å². The maximum absolute atomic E-state index is 12.9. The zero-order valence-electron chi connectivity index (χ0n) is 13.4. The minimum atomic E-state index is -1.05. The summed E-state index contributed by atoms with van der Waals surface area (Å²) in [5, 5.41) is 13.7. The summed E-state index contributed by atoms with van der Waals surface area (Å²) in [4.78, 5) is 37.7. The summed E-state index contributed by atoms with van der Waals surface area (Å²) in [6.07, 6.45) is 4.07. The minimum Gasteiger partial charge on any atom is -0.480 e. The summed E-state index contributed by atoms with van der Waals surface area (Å²) >= 11 is 1.58. The molecule has 0 aromatic carbocycles. The van der Waals surface area contributed by atoms with E-state index in [0.717, 1.165) is 31.2 Å². The topological polar surface area (TPSA) is 86.7 Å². The highest BCUT2D eigenvalue weighted by Gasteiger charge is 2.29. The Morgan fingerprint density at radius 1 is 1.35 bits per heavy atom. The van der Waals surface area contributed by atoms with E-state index in [1.54, 1.807) is 11.3 Å². The number of amides is 2.